The highest BCUT2D eigenvalue weighted by molar-refractivity contribution is 8.00. The van der Waals surface area contributed by atoms with E-state index in [4.69, 9.17) is 9.47 Å². The smallest absolute Gasteiger partial charge is 0.198 e. The lowest BCUT2D eigenvalue weighted by molar-refractivity contribution is 0.0825. The van der Waals surface area contributed by atoms with E-state index in [2.05, 4.69) is 19.6 Å². The minimum absolute atomic E-state index is 0.285. The van der Waals surface area contributed by atoms with Gasteiger partial charge in [-0.05, 0) is 35.4 Å². The lowest BCUT2D eigenvalue weighted by atomic mass is 10.2. The predicted molar refractivity (Wildman–Crippen MR) is 89.7 cm³/mol. The van der Waals surface area contributed by atoms with Crippen LogP contribution >= 0.6 is 23.3 Å². The van der Waals surface area contributed by atoms with Crippen molar-refractivity contribution in [3.05, 3.63) is 35.9 Å². The number of fused-ring (bicyclic) bond motifs is 1. The van der Waals surface area contributed by atoms with Crippen molar-refractivity contribution in [3.8, 4) is 11.5 Å². The fraction of sp³-hybridized carbons (Fsp3) is 0.333. The molecule has 0 saturated carbocycles. The molecule has 1 aliphatic heterocycles. The van der Waals surface area contributed by atoms with E-state index in [0.717, 1.165) is 39.1 Å². The number of ether oxygens (including phenoxy) is 2. The number of aromatic nitrogens is 5. The third-order valence-corrected chi connectivity index (χ3v) is 5.44. The van der Waals surface area contributed by atoms with Gasteiger partial charge in [-0.1, -0.05) is 19.1 Å². The molecule has 2 aromatic heterocycles. The van der Waals surface area contributed by atoms with Crippen molar-refractivity contribution >= 4 is 23.3 Å². The van der Waals surface area contributed by atoms with Gasteiger partial charge in [0, 0.05) is 13.5 Å². The van der Waals surface area contributed by atoms with Gasteiger partial charge in [-0.15, -0.1) is 10.2 Å². The molecule has 0 amide bonds. The summed E-state index contributed by atoms with van der Waals surface area (Å²) < 4.78 is 18.8. The van der Waals surface area contributed by atoms with Crippen LogP contribution in [0.2, 0.25) is 0 Å². The molecule has 24 heavy (non-hydrogen) atoms. The molecule has 9 heteroatoms. The second-order valence-corrected chi connectivity index (χ2v) is 7.16. The summed E-state index contributed by atoms with van der Waals surface area (Å²) >= 11 is 2.84. The van der Waals surface area contributed by atoms with E-state index in [-0.39, 0.29) is 6.10 Å². The number of rotatable bonds is 4. The highest BCUT2D eigenvalue weighted by atomic mass is 32.2. The predicted octanol–water partition coefficient (Wildman–Crippen LogP) is 2.89. The summed E-state index contributed by atoms with van der Waals surface area (Å²) in [5, 5.41) is 9.29. The first-order valence-corrected chi connectivity index (χ1v) is 9.11. The summed E-state index contributed by atoms with van der Waals surface area (Å²) in [4.78, 5) is 4.45. The molecule has 0 spiro atoms. The first-order chi connectivity index (χ1) is 11.7. The molecule has 3 aromatic rings. The van der Waals surface area contributed by atoms with Crippen LogP contribution in [0.15, 0.2) is 33.8 Å². The van der Waals surface area contributed by atoms with Gasteiger partial charge < -0.3 is 14.0 Å². The summed E-state index contributed by atoms with van der Waals surface area (Å²) in [7, 11) is 1.92. The maximum Gasteiger partial charge on any atom is 0.198 e. The highest BCUT2D eigenvalue weighted by Gasteiger charge is 2.27. The molecule has 1 unspecified atom stereocenters. The van der Waals surface area contributed by atoms with Crippen molar-refractivity contribution in [3.63, 3.8) is 0 Å². The first kappa shape index (κ1) is 15.4. The van der Waals surface area contributed by atoms with Crippen LogP contribution in [0.5, 0.6) is 11.5 Å². The van der Waals surface area contributed by atoms with Gasteiger partial charge in [-0.2, -0.15) is 4.37 Å². The molecule has 4 rings (SSSR count). The SMILES string of the molecule is CCc1nsc(Sc2nnc(C3COc4ccccc4O3)n2C)n1. The fourth-order valence-corrected chi connectivity index (χ4v) is 3.95. The van der Waals surface area contributed by atoms with Crippen LogP contribution in [-0.2, 0) is 13.5 Å². The zero-order valence-electron chi connectivity index (χ0n) is 13.2. The molecule has 7 nitrogen and oxygen atoms in total. The van der Waals surface area contributed by atoms with Crippen LogP contribution in [-0.4, -0.2) is 30.7 Å². The molecule has 1 aromatic carbocycles. The van der Waals surface area contributed by atoms with E-state index in [1.54, 1.807) is 0 Å². The van der Waals surface area contributed by atoms with Gasteiger partial charge in [-0.3, -0.25) is 0 Å². The van der Waals surface area contributed by atoms with Crippen molar-refractivity contribution in [1.29, 1.82) is 0 Å². The Morgan fingerprint density at radius 3 is 2.92 bits per heavy atom. The normalized spacial score (nSPS) is 16.3. The van der Waals surface area contributed by atoms with Gasteiger partial charge in [0.2, 0.25) is 0 Å². The second kappa shape index (κ2) is 6.40. The van der Waals surface area contributed by atoms with E-state index >= 15 is 0 Å². The van der Waals surface area contributed by atoms with E-state index in [0.29, 0.717) is 6.61 Å². The third kappa shape index (κ3) is 2.84. The molecule has 0 N–H and O–H groups in total. The van der Waals surface area contributed by atoms with Crippen molar-refractivity contribution < 1.29 is 9.47 Å². The molecule has 0 saturated heterocycles. The molecule has 0 aliphatic carbocycles. The molecular formula is C15H15N5O2S2. The number of benzene rings is 1. The lowest BCUT2D eigenvalue weighted by Crippen LogP contribution is -2.24. The van der Waals surface area contributed by atoms with Crippen LogP contribution < -0.4 is 9.47 Å². The Balaban J connectivity index is 1.54. The third-order valence-electron chi connectivity index (χ3n) is 3.61. The zero-order chi connectivity index (χ0) is 16.5. The molecule has 0 fully saturated rings. The summed E-state index contributed by atoms with van der Waals surface area (Å²) in [5.41, 5.74) is 0. The van der Waals surface area contributed by atoms with Crippen LogP contribution in [0, 0.1) is 0 Å². The minimum atomic E-state index is -0.285. The number of aryl methyl sites for hydroxylation is 1. The van der Waals surface area contributed by atoms with E-state index in [1.807, 2.05) is 42.8 Å². The maximum absolute atomic E-state index is 6.00. The van der Waals surface area contributed by atoms with Crippen LogP contribution in [0.3, 0.4) is 0 Å². The molecule has 124 valence electrons. The summed E-state index contributed by atoms with van der Waals surface area (Å²) in [6.07, 6.45) is 0.542. The molecule has 3 heterocycles. The number of hydrogen-bond acceptors (Lipinski definition) is 8. The van der Waals surface area contributed by atoms with Gasteiger partial charge in [0.25, 0.3) is 0 Å². The minimum Gasteiger partial charge on any atom is -0.485 e. The van der Waals surface area contributed by atoms with E-state index in [1.165, 1.54) is 23.3 Å². The van der Waals surface area contributed by atoms with Crippen LogP contribution in [0.1, 0.15) is 24.7 Å². The van der Waals surface area contributed by atoms with Gasteiger partial charge in [0.1, 0.15) is 12.4 Å². The van der Waals surface area contributed by atoms with Gasteiger partial charge in [0.15, 0.2) is 32.9 Å². The largest absolute Gasteiger partial charge is 0.485 e. The number of para-hydroxylation sites is 2. The summed E-state index contributed by atoms with van der Waals surface area (Å²) in [5.74, 6) is 3.06. The average Bonchev–Trinajstić information content (AvgIpc) is 3.22. The summed E-state index contributed by atoms with van der Waals surface area (Å²) in [6, 6.07) is 7.63. The molecule has 0 bridgehead atoms. The Kier molecular flexibility index (Phi) is 4.11. The Bertz CT molecular complexity index is 863. The molecule has 1 aliphatic rings. The molecular weight excluding hydrogens is 346 g/mol. The molecule has 1 atom stereocenters. The van der Waals surface area contributed by atoms with Crippen LogP contribution in [0.25, 0.3) is 0 Å². The summed E-state index contributed by atoms with van der Waals surface area (Å²) in [6.45, 7) is 2.45. The van der Waals surface area contributed by atoms with Gasteiger partial charge >= 0.3 is 0 Å². The van der Waals surface area contributed by atoms with Crippen molar-refractivity contribution in [2.45, 2.75) is 28.9 Å². The van der Waals surface area contributed by atoms with Gasteiger partial charge in [-0.25, -0.2) is 4.98 Å². The first-order valence-electron chi connectivity index (χ1n) is 7.52. The van der Waals surface area contributed by atoms with E-state index < -0.39 is 0 Å². The monoisotopic (exact) mass is 361 g/mol. The maximum atomic E-state index is 6.00. The standard InChI is InChI=1S/C15H15N5O2S2/c1-3-12-16-15(24-19-12)23-14-18-17-13(20(14)2)11-8-21-9-6-4-5-7-10(9)22-11/h4-7,11H,3,8H2,1-2H3. The van der Waals surface area contributed by atoms with E-state index in [9.17, 15) is 0 Å². The van der Waals surface area contributed by atoms with Gasteiger partial charge in [0.05, 0.1) is 0 Å². The number of nitrogens with zero attached hydrogens (tertiary/aromatic N) is 5. The quantitative estimate of drug-likeness (QED) is 0.707. The Hall–Kier alpha value is -2.13. The second-order valence-electron chi connectivity index (χ2n) is 5.20. The average molecular weight is 361 g/mol. The highest BCUT2D eigenvalue weighted by Crippen LogP contribution is 2.36. The Labute approximate surface area is 147 Å². The molecule has 0 radical (unpaired) electrons. The number of hydrogen-bond donors (Lipinski definition) is 0. The van der Waals surface area contributed by atoms with Crippen molar-refractivity contribution in [1.82, 2.24) is 24.1 Å². The topological polar surface area (TPSA) is 75.0 Å². The lowest BCUT2D eigenvalue weighted by Gasteiger charge is -2.25. The van der Waals surface area contributed by atoms with Crippen molar-refractivity contribution in [2.75, 3.05) is 6.61 Å². The zero-order valence-corrected chi connectivity index (χ0v) is 14.8. The fourth-order valence-electron chi connectivity index (χ4n) is 2.34. The van der Waals surface area contributed by atoms with Crippen molar-refractivity contribution in [2.24, 2.45) is 7.05 Å². The Morgan fingerprint density at radius 2 is 2.12 bits per heavy atom. The van der Waals surface area contributed by atoms with Crippen LogP contribution in [0.4, 0.5) is 0 Å². The Morgan fingerprint density at radius 1 is 1.29 bits per heavy atom.